The molecule has 2 N–H and O–H groups in total. The number of rotatable bonds is 8. The van der Waals surface area contributed by atoms with Crippen molar-refractivity contribution >= 4 is 11.8 Å². The van der Waals surface area contributed by atoms with Crippen LogP contribution in [0.3, 0.4) is 0 Å². The van der Waals surface area contributed by atoms with E-state index in [9.17, 15) is 14.0 Å². The molecule has 0 fully saturated rings. The van der Waals surface area contributed by atoms with Gasteiger partial charge in [-0.05, 0) is 36.4 Å². The molecule has 132 valence electrons. The molecule has 0 radical (unpaired) electrons. The van der Waals surface area contributed by atoms with Crippen LogP contribution >= 0.6 is 0 Å². The van der Waals surface area contributed by atoms with Gasteiger partial charge in [-0.15, -0.1) is 0 Å². The topological polar surface area (TPSA) is 76.7 Å². The van der Waals surface area contributed by atoms with Gasteiger partial charge in [0.1, 0.15) is 17.3 Å². The molecular weight excluding hydrogens is 327 g/mol. The normalized spacial score (nSPS) is 10.0. The van der Waals surface area contributed by atoms with Crippen molar-refractivity contribution in [3.63, 3.8) is 0 Å². The van der Waals surface area contributed by atoms with Crippen LogP contribution < -0.4 is 20.1 Å². The lowest BCUT2D eigenvalue weighted by Crippen LogP contribution is -2.36. The molecule has 0 atom stereocenters. The highest BCUT2D eigenvalue weighted by Crippen LogP contribution is 2.12. The average Bonchev–Trinajstić information content (AvgIpc) is 2.63. The van der Waals surface area contributed by atoms with Gasteiger partial charge in [-0.1, -0.05) is 6.07 Å². The Labute approximate surface area is 144 Å². The highest BCUT2D eigenvalue weighted by Gasteiger charge is 2.06. The van der Waals surface area contributed by atoms with Crippen molar-refractivity contribution in [2.75, 3.05) is 26.8 Å². The van der Waals surface area contributed by atoms with Crippen LogP contribution in [-0.2, 0) is 4.79 Å². The summed E-state index contributed by atoms with van der Waals surface area (Å²) in [6, 6.07) is 12.2. The third kappa shape index (κ3) is 6.14. The highest BCUT2D eigenvalue weighted by molar-refractivity contribution is 5.94. The van der Waals surface area contributed by atoms with E-state index in [0.717, 1.165) is 0 Å². The lowest BCUT2D eigenvalue weighted by molar-refractivity contribution is -0.123. The Morgan fingerprint density at radius 3 is 2.40 bits per heavy atom. The highest BCUT2D eigenvalue weighted by atomic mass is 19.1. The minimum Gasteiger partial charge on any atom is -0.497 e. The van der Waals surface area contributed by atoms with E-state index in [1.165, 1.54) is 18.2 Å². The fourth-order valence-electron chi connectivity index (χ4n) is 1.98. The number of benzene rings is 2. The van der Waals surface area contributed by atoms with Crippen molar-refractivity contribution in [1.29, 1.82) is 0 Å². The summed E-state index contributed by atoms with van der Waals surface area (Å²) in [5.41, 5.74) is 0.501. The molecule has 2 aromatic rings. The maximum Gasteiger partial charge on any atom is 0.258 e. The molecule has 6 nitrogen and oxygen atoms in total. The molecule has 0 aliphatic carbocycles. The van der Waals surface area contributed by atoms with Gasteiger partial charge in [0.15, 0.2) is 6.61 Å². The zero-order valence-electron chi connectivity index (χ0n) is 13.8. The largest absolute Gasteiger partial charge is 0.497 e. The smallest absolute Gasteiger partial charge is 0.258 e. The summed E-state index contributed by atoms with van der Waals surface area (Å²) >= 11 is 0. The van der Waals surface area contributed by atoms with Crippen LogP contribution in [-0.4, -0.2) is 38.6 Å². The molecule has 2 aromatic carbocycles. The molecule has 7 heteroatoms. The Kier molecular flexibility index (Phi) is 6.76. The summed E-state index contributed by atoms with van der Waals surface area (Å²) < 4.78 is 23.2. The molecular formula is C18H19FN2O4. The van der Waals surface area contributed by atoms with E-state index in [4.69, 9.17) is 9.47 Å². The van der Waals surface area contributed by atoms with Crippen molar-refractivity contribution in [2.45, 2.75) is 0 Å². The number of methoxy groups -OCH3 is 1. The van der Waals surface area contributed by atoms with Gasteiger partial charge in [0.2, 0.25) is 0 Å². The third-order valence-electron chi connectivity index (χ3n) is 3.25. The van der Waals surface area contributed by atoms with Gasteiger partial charge in [0.25, 0.3) is 11.8 Å². The van der Waals surface area contributed by atoms with Crippen molar-refractivity contribution in [3.8, 4) is 11.5 Å². The van der Waals surface area contributed by atoms with E-state index in [0.29, 0.717) is 11.3 Å². The molecule has 0 heterocycles. The first-order valence-electron chi connectivity index (χ1n) is 7.66. The molecule has 2 amide bonds. The van der Waals surface area contributed by atoms with E-state index >= 15 is 0 Å². The van der Waals surface area contributed by atoms with Crippen LogP contribution in [0.25, 0.3) is 0 Å². The Balaban J connectivity index is 1.64. The fraction of sp³-hybridized carbons (Fsp3) is 0.222. The summed E-state index contributed by atoms with van der Waals surface area (Å²) in [6.45, 7) is 0.305. The molecule has 0 saturated carbocycles. The average molecular weight is 346 g/mol. The standard InChI is InChI=1S/C18H19FN2O4/c1-24-15-7-5-13(6-8-15)18(23)21-10-9-20-17(22)12-25-16-4-2-3-14(19)11-16/h2-8,11H,9-10,12H2,1H3,(H,20,22)(H,21,23). The number of carbonyl (C=O) groups is 2. The van der Waals surface area contributed by atoms with Gasteiger partial charge in [0, 0.05) is 24.7 Å². The minimum atomic E-state index is -0.431. The lowest BCUT2D eigenvalue weighted by Gasteiger charge is -2.09. The van der Waals surface area contributed by atoms with Crippen molar-refractivity contribution < 1.29 is 23.5 Å². The second kappa shape index (κ2) is 9.27. The van der Waals surface area contributed by atoms with Crippen LogP contribution in [0, 0.1) is 5.82 Å². The summed E-state index contributed by atoms with van der Waals surface area (Å²) in [7, 11) is 1.55. The van der Waals surface area contributed by atoms with E-state index < -0.39 is 5.82 Å². The van der Waals surface area contributed by atoms with Crippen LogP contribution in [0.1, 0.15) is 10.4 Å². The van der Waals surface area contributed by atoms with E-state index in [-0.39, 0.29) is 37.3 Å². The first kappa shape index (κ1) is 18.3. The third-order valence-corrected chi connectivity index (χ3v) is 3.25. The summed E-state index contributed by atoms with van der Waals surface area (Å²) in [5, 5.41) is 5.29. The van der Waals surface area contributed by atoms with Gasteiger partial charge < -0.3 is 20.1 Å². The number of halogens is 1. The van der Waals surface area contributed by atoms with E-state index in [1.54, 1.807) is 37.4 Å². The Hall–Kier alpha value is -3.09. The van der Waals surface area contributed by atoms with Gasteiger partial charge in [0.05, 0.1) is 7.11 Å². The van der Waals surface area contributed by atoms with E-state index in [2.05, 4.69) is 10.6 Å². The van der Waals surface area contributed by atoms with Crippen molar-refractivity contribution in [3.05, 3.63) is 59.9 Å². The lowest BCUT2D eigenvalue weighted by atomic mass is 10.2. The van der Waals surface area contributed by atoms with Crippen LogP contribution in [0.2, 0.25) is 0 Å². The van der Waals surface area contributed by atoms with Gasteiger partial charge in [-0.2, -0.15) is 0 Å². The molecule has 0 saturated heterocycles. The Morgan fingerprint density at radius 1 is 1.00 bits per heavy atom. The quantitative estimate of drug-likeness (QED) is 0.714. The fourth-order valence-corrected chi connectivity index (χ4v) is 1.98. The molecule has 0 aliphatic rings. The molecule has 25 heavy (non-hydrogen) atoms. The number of hydrogen-bond acceptors (Lipinski definition) is 4. The Morgan fingerprint density at radius 2 is 1.72 bits per heavy atom. The van der Waals surface area contributed by atoms with Gasteiger partial charge >= 0.3 is 0 Å². The van der Waals surface area contributed by atoms with Crippen molar-refractivity contribution in [1.82, 2.24) is 10.6 Å². The minimum absolute atomic E-state index is 0.226. The maximum atomic E-state index is 13.0. The van der Waals surface area contributed by atoms with Crippen LogP contribution in [0.5, 0.6) is 11.5 Å². The van der Waals surface area contributed by atoms with Gasteiger partial charge in [-0.25, -0.2) is 4.39 Å². The number of nitrogens with one attached hydrogen (secondary N) is 2. The molecule has 0 aliphatic heterocycles. The molecule has 2 rings (SSSR count). The SMILES string of the molecule is COc1ccc(C(=O)NCCNC(=O)COc2cccc(F)c2)cc1. The predicted molar refractivity (Wildman–Crippen MR) is 90.2 cm³/mol. The second-order valence-electron chi connectivity index (χ2n) is 5.08. The number of amides is 2. The van der Waals surface area contributed by atoms with E-state index in [1.807, 2.05) is 0 Å². The summed E-state index contributed by atoms with van der Waals surface area (Å²) in [5.74, 6) is -0.0832. The number of ether oxygens (including phenoxy) is 2. The first-order chi connectivity index (χ1) is 12.1. The van der Waals surface area contributed by atoms with Gasteiger partial charge in [-0.3, -0.25) is 9.59 Å². The number of hydrogen-bond donors (Lipinski definition) is 2. The zero-order chi connectivity index (χ0) is 18.1. The van der Waals surface area contributed by atoms with Crippen LogP contribution in [0.4, 0.5) is 4.39 Å². The zero-order valence-corrected chi connectivity index (χ0v) is 13.8. The molecule has 0 bridgehead atoms. The molecule has 0 aromatic heterocycles. The molecule has 0 unspecified atom stereocenters. The maximum absolute atomic E-state index is 13.0. The molecule has 0 spiro atoms. The monoisotopic (exact) mass is 346 g/mol. The predicted octanol–water partition coefficient (Wildman–Crippen LogP) is 1.76. The van der Waals surface area contributed by atoms with Crippen molar-refractivity contribution in [2.24, 2.45) is 0 Å². The van der Waals surface area contributed by atoms with Crippen LogP contribution in [0.15, 0.2) is 48.5 Å². The second-order valence-corrected chi connectivity index (χ2v) is 5.08. The summed E-state index contributed by atoms with van der Waals surface area (Å²) in [6.07, 6.45) is 0. The number of carbonyl (C=O) groups excluding carboxylic acids is 2. The summed E-state index contributed by atoms with van der Waals surface area (Å²) in [4.78, 5) is 23.5. The first-order valence-corrected chi connectivity index (χ1v) is 7.66. The Bertz CT molecular complexity index is 719.